The van der Waals surface area contributed by atoms with Crippen molar-refractivity contribution in [3.05, 3.63) is 214 Å². The van der Waals surface area contributed by atoms with Crippen LogP contribution in [-0.2, 0) is 51.4 Å². The van der Waals surface area contributed by atoms with E-state index in [1.165, 1.54) is 0 Å². The SMILES string of the molecule is COc1ccc(OC[C@@H](O[C@@H]2O[C@H](C(O)Cc3ccccc3)[C@](O)(Cc3ccccc3)[C@@](O)(Cc3ccccc3)[C@H]2N=[N+]=[N-])[C@@H](OCc2ccccc2)[C@H](CO)OCc2ccccc2)cc1. The van der Waals surface area contributed by atoms with E-state index in [1.807, 2.05) is 115 Å². The number of hydrogen-bond donors (Lipinski definition) is 4. The third-order valence-electron chi connectivity index (χ3n) is 12.0. The average Bonchev–Trinajstić information content (AvgIpc) is 3.35. The first-order valence-corrected chi connectivity index (χ1v) is 22.0. The van der Waals surface area contributed by atoms with Crippen molar-refractivity contribution in [2.45, 2.75) is 86.5 Å². The zero-order chi connectivity index (χ0) is 46.2. The molecule has 13 heteroatoms. The second-order valence-corrected chi connectivity index (χ2v) is 16.4. The van der Waals surface area contributed by atoms with Gasteiger partial charge in [-0.05, 0) is 57.6 Å². The average molecular weight is 896 g/mol. The Morgan fingerprint density at radius 2 is 1.09 bits per heavy atom. The van der Waals surface area contributed by atoms with Gasteiger partial charge in [-0.25, -0.2) is 0 Å². The summed E-state index contributed by atoms with van der Waals surface area (Å²) in [7, 11) is 1.56. The Balaban J connectivity index is 1.34. The maximum absolute atomic E-state index is 13.6. The Morgan fingerprint density at radius 3 is 1.59 bits per heavy atom. The number of rotatable bonds is 23. The van der Waals surface area contributed by atoms with Crippen LogP contribution in [0.15, 0.2) is 181 Å². The minimum atomic E-state index is -2.36. The highest BCUT2D eigenvalue weighted by Gasteiger charge is 2.66. The van der Waals surface area contributed by atoms with Crippen molar-refractivity contribution in [1.82, 2.24) is 0 Å². The molecule has 66 heavy (non-hydrogen) atoms. The van der Waals surface area contributed by atoms with E-state index in [0.29, 0.717) is 22.6 Å². The van der Waals surface area contributed by atoms with Gasteiger partial charge in [0.2, 0.25) is 0 Å². The van der Waals surface area contributed by atoms with Crippen LogP contribution < -0.4 is 9.47 Å². The van der Waals surface area contributed by atoms with Gasteiger partial charge in [0, 0.05) is 24.2 Å². The van der Waals surface area contributed by atoms with Gasteiger partial charge in [-0.3, -0.25) is 0 Å². The maximum atomic E-state index is 13.6. The summed E-state index contributed by atoms with van der Waals surface area (Å²) in [5, 5.41) is 54.6. The highest BCUT2D eigenvalue weighted by Crippen LogP contribution is 2.46. The summed E-state index contributed by atoms with van der Waals surface area (Å²) >= 11 is 0. The molecule has 344 valence electrons. The maximum Gasteiger partial charge on any atom is 0.170 e. The molecule has 7 rings (SSSR count). The van der Waals surface area contributed by atoms with Crippen molar-refractivity contribution < 1.29 is 48.8 Å². The minimum Gasteiger partial charge on any atom is -0.497 e. The molecule has 6 aromatic rings. The topological polar surface area (TPSA) is 185 Å². The van der Waals surface area contributed by atoms with Crippen molar-refractivity contribution in [3.8, 4) is 11.5 Å². The van der Waals surface area contributed by atoms with Crippen LogP contribution in [0.2, 0.25) is 0 Å². The van der Waals surface area contributed by atoms with Crippen molar-refractivity contribution in [2.24, 2.45) is 5.11 Å². The van der Waals surface area contributed by atoms with E-state index >= 15 is 0 Å². The second kappa shape index (κ2) is 23.4. The van der Waals surface area contributed by atoms with Gasteiger partial charge in [-0.1, -0.05) is 157 Å². The minimum absolute atomic E-state index is 0.0235. The number of nitrogens with zero attached hydrogens (tertiary/aromatic N) is 3. The van der Waals surface area contributed by atoms with Crippen molar-refractivity contribution in [1.29, 1.82) is 0 Å². The predicted octanol–water partition coefficient (Wildman–Crippen LogP) is 7.58. The molecule has 9 atom stereocenters. The summed E-state index contributed by atoms with van der Waals surface area (Å²) < 4.78 is 38.6. The highest BCUT2D eigenvalue weighted by molar-refractivity contribution is 5.32. The number of benzene rings is 6. The van der Waals surface area contributed by atoms with E-state index in [0.717, 1.165) is 16.7 Å². The molecule has 0 radical (unpaired) electrons. The van der Waals surface area contributed by atoms with E-state index in [-0.39, 0.29) is 39.1 Å². The van der Waals surface area contributed by atoms with E-state index in [9.17, 15) is 26.0 Å². The molecule has 1 saturated heterocycles. The van der Waals surface area contributed by atoms with E-state index in [4.69, 9.17) is 28.4 Å². The summed E-state index contributed by atoms with van der Waals surface area (Å²) in [5.74, 6) is 1.06. The smallest absolute Gasteiger partial charge is 0.170 e. The van der Waals surface area contributed by atoms with Crippen molar-refractivity contribution >= 4 is 0 Å². The zero-order valence-electron chi connectivity index (χ0n) is 36.8. The number of ether oxygens (including phenoxy) is 6. The third kappa shape index (κ3) is 12.0. The predicted molar refractivity (Wildman–Crippen MR) is 248 cm³/mol. The van der Waals surface area contributed by atoms with E-state index < -0.39 is 60.7 Å². The lowest BCUT2D eigenvalue weighted by Gasteiger charge is -2.57. The summed E-state index contributed by atoms with van der Waals surface area (Å²) in [6, 6.07) is 51.6. The Kier molecular flexibility index (Phi) is 17.0. The zero-order valence-corrected chi connectivity index (χ0v) is 36.8. The third-order valence-corrected chi connectivity index (χ3v) is 12.0. The number of hydrogen-bond acceptors (Lipinski definition) is 11. The fraction of sp³-hybridized carbons (Fsp3) is 0.321. The lowest BCUT2D eigenvalue weighted by molar-refractivity contribution is -0.355. The van der Waals surface area contributed by atoms with Gasteiger partial charge >= 0.3 is 0 Å². The first-order chi connectivity index (χ1) is 32.2. The Morgan fingerprint density at radius 1 is 0.621 bits per heavy atom. The van der Waals surface area contributed by atoms with Gasteiger partial charge in [0.15, 0.2) is 6.29 Å². The molecule has 1 aliphatic heterocycles. The van der Waals surface area contributed by atoms with Crippen LogP contribution in [0.1, 0.15) is 27.8 Å². The van der Waals surface area contributed by atoms with Crippen molar-refractivity contribution in [2.75, 3.05) is 20.3 Å². The molecule has 1 fully saturated rings. The molecule has 1 aliphatic rings. The number of aliphatic hydroxyl groups is 4. The van der Waals surface area contributed by atoms with Crippen molar-refractivity contribution in [3.63, 3.8) is 0 Å². The van der Waals surface area contributed by atoms with Crippen LogP contribution >= 0.6 is 0 Å². The molecule has 4 N–H and O–H groups in total. The van der Waals surface area contributed by atoms with E-state index in [2.05, 4.69) is 10.0 Å². The molecule has 0 saturated carbocycles. The Hall–Kier alpha value is -6.09. The second-order valence-electron chi connectivity index (χ2n) is 16.4. The van der Waals surface area contributed by atoms with Gasteiger partial charge in [-0.2, -0.15) is 0 Å². The molecule has 0 aromatic heterocycles. The largest absolute Gasteiger partial charge is 0.497 e. The Labute approximate surface area is 385 Å². The summed E-state index contributed by atoms with van der Waals surface area (Å²) in [6.45, 7) is -0.561. The molecule has 0 aliphatic carbocycles. The lowest BCUT2D eigenvalue weighted by Crippen LogP contribution is -2.77. The number of methoxy groups -OCH3 is 1. The summed E-state index contributed by atoms with van der Waals surface area (Å²) in [6.07, 6.45) is -8.37. The highest BCUT2D eigenvalue weighted by atomic mass is 16.7. The monoisotopic (exact) mass is 895 g/mol. The first kappa shape index (κ1) is 47.9. The Bertz CT molecular complexity index is 2380. The van der Waals surface area contributed by atoms with Crippen LogP contribution in [0.4, 0.5) is 0 Å². The standard InChI is InChI=1S/C53H57N3O10/c1-61-43-27-29-44(30-28-43)62-37-47(48(64-36-42-25-15-6-16-26-42)46(34-57)63-35-41-23-13-5-14-24-41)65-51-49(55-56-54)52(59,32-39-19-9-3-10-20-39)53(60,33-40-21-11-4-12-22-40)50(66-51)45(58)31-38-17-7-2-8-18-38/h2-30,45-51,57-60H,31-37H2,1H3/t45?,46-,47+,48-,49-,50+,51+,52+,53+/m0/s1. The van der Waals surface area contributed by atoms with Crippen LogP contribution in [-0.4, -0.2) is 94.8 Å². The van der Waals surface area contributed by atoms with Gasteiger partial charge in [0.05, 0.1) is 33.0 Å². The molecule has 0 amide bonds. The molecule has 0 spiro atoms. The molecule has 0 bridgehead atoms. The van der Waals surface area contributed by atoms with Gasteiger partial charge in [0.1, 0.15) is 59.8 Å². The summed E-state index contributed by atoms with van der Waals surface area (Å²) in [4.78, 5) is 3.20. The molecule has 6 aromatic carbocycles. The normalized spacial score (nSPS) is 22.3. The van der Waals surface area contributed by atoms with Crippen LogP contribution in [0.3, 0.4) is 0 Å². The summed E-state index contributed by atoms with van der Waals surface area (Å²) in [5.41, 5.74) is 9.31. The molecule has 13 nitrogen and oxygen atoms in total. The quantitative estimate of drug-likeness (QED) is 0.0284. The lowest BCUT2D eigenvalue weighted by atomic mass is 9.64. The molecular formula is C53H57N3O10. The molecule has 1 heterocycles. The number of aliphatic hydroxyl groups excluding tert-OH is 2. The fourth-order valence-electron chi connectivity index (χ4n) is 8.55. The van der Waals surface area contributed by atoms with Gasteiger partial charge in [-0.15, -0.1) is 0 Å². The van der Waals surface area contributed by atoms with Crippen LogP contribution in [0.5, 0.6) is 11.5 Å². The van der Waals surface area contributed by atoms with Gasteiger partial charge < -0.3 is 48.8 Å². The number of azide groups is 1. The first-order valence-electron chi connectivity index (χ1n) is 22.0. The van der Waals surface area contributed by atoms with Crippen LogP contribution in [0, 0.1) is 0 Å². The molecular weight excluding hydrogens is 839 g/mol. The van der Waals surface area contributed by atoms with Crippen LogP contribution in [0.25, 0.3) is 10.4 Å². The fourth-order valence-corrected chi connectivity index (χ4v) is 8.55. The molecule has 1 unspecified atom stereocenters. The van der Waals surface area contributed by atoms with Gasteiger partial charge in [0.25, 0.3) is 0 Å². The van der Waals surface area contributed by atoms with E-state index in [1.54, 1.807) is 67.8 Å².